The molecular formula is C17H15BrFNO5. The Hall–Kier alpha value is -2.61. The number of anilines is 1. The molecule has 25 heavy (non-hydrogen) atoms. The number of hydrogen-bond acceptors (Lipinski definition) is 5. The molecule has 0 aromatic heterocycles. The summed E-state index contributed by atoms with van der Waals surface area (Å²) in [6.45, 7) is -0.562. The van der Waals surface area contributed by atoms with Crippen molar-refractivity contribution in [3.63, 3.8) is 0 Å². The number of hydrogen-bond donors (Lipinski definition) is 1. The van der Waals surface area contributed by atoms with Gasteiger partial charge in [-0.05, 0) is 40.2 Å². The maximum absolute atomic E-state index is 13.5. The van der Waals surface area contributed by atoms with Crippen molar-refractivity contribution in [2.45, 2.75) is 0 Å². The molecule has 2 rings (SSSR count). The summed E-state index contributed by atoms with van der Waals surface area (Å²) in [6.07, 6.45) is 0. The van der Waals surface area contributed by atoms with E-state index >= 15 is 0 Å². The van der Waals surface area contributed by atoms with E-state index in [1.165, 1.54) is 44.6 Å². The van der Waals surface area contributed by atoms with Crippen LogP contribution in [0.2, 0.25) is 0 Å². The van der Waals surface area contributed by atoms with Crippen LogP contribution in [-0.2, 0) is 9.53 Å². The molecule has 0 saturated heterocycles. The van der Waals surface area contributed by atoms with Gasteiger partial charge in [-0.2, -0.15) is 0 Å². The fourth-order valence-electron chi connectivity index (χ4n) is 1.95. The molecule has 132 valence electrons. The van der Waals surface area contributed by atoms with E-state index < -0.39 is 24.3 Å². The standard InChI is InChI=1S/C17H15BrFNO5/c1-23-13-7-10(8-14(24-2)16(13)18)17(22)25-9-15(21)20-12-6-4-3-5-11(12)19/h3-8H,9H2,1-2H3,(H,20,21). The van der Waals surface area contributed by atoms with Gasteiger partial charge in [-0.3, -0.25) is 4.79 Å². The maximum Gasteiger partial charge on any atom is 0.338 e. The molecule has 0 fully saturated rings. The van der Waals surface area contributed by atoms with Gasteiger partial charge in [-0.25, -0.2) is 9.18 Å². The average molecular weight is 412 g/mol. The van der Waals surface area contributed by atoms with Crippen LogP contribution < -0.4 is 14.8 Å². The summed E-state index contributed by atoms with van der Waals surface area (Å²) >= 11 is 3.29. The summed E-state index contributed by atoms with van der Waals surface area (Å²) in [7, 11) is 2.88. The van der Waals surface area contributed by atoms with Crippen LogP contribution in [0.1, 0.15) is 10.4 Å². The van der Waals surface area contributed by atoms with Crippen molar-refractivity contribution in [2.24, 2.45) is 0 Å². The molecule has 0 atom stereocenters. The number of halogens is 2. The Bertz CT molecular complexity index is 771. The Labute approximate surface area is 152 Å². The number of para-hydroxylation sites is 1. The number of nitrogens with one attached hydrogen (secondary N) is 1. The van der Waals surface area contributed by atoms with E-state index in [2.05, 4.69) is 21.2 Å². The van der Waals surface area contributed by atoms with Gasteiger partial charge in [0, 0.05) is 0 Å². The van der Waals surface area contributed by atoms with Crippen molar-refractivity contribution in [2.75, 3.05) is 26.1 Å². The van der Waals surface area contributed by atoms with Crippen molar-refractivity contribution in [3.05, 3.63) is 52.3 Å². The Morgan fingerprint density at radius 3 is 2.28 bits per heavy atom. The zero-order valence-corrected chi connectivity index (χ0v) is 15.1. The van der Waals surface area contributed by atoms with E-state index in [1.807, 2.05) is 0 Å². The molecule has 2 aromatic rings. The molecule has 8 heteroatoms. The zero-order chi connectivity index (χ0) is 18.4. The van der Waals surface area contributed by atoms with E-state index in [0.717, 1.165) is 0 Å². The molecule has 0 aliphatic rings. The summed E-state index contributed by atoms with van der Waals surface area (Å²) in [5.41, 5.74) is 0.158. The molecule has 6 nitrogen and oxygen atoms in total. The van der Waals surface area contributed by atoms with Crippen LogP contribution in [0, 0.1) is 5.82 Å². The van der Waals surface area contributed by atoms with Crippen LogP contribution in [0.25, 0.3) is 0 Å². The van der Waals surface area contributed by atoms with Crippen molar-refractivity contribution >= 4 is 33.5 Å². The molecule has 0 unspecified atom stereocenters. The highest BCUT2D eigenvalue weighted by Crippen LogP contribution is 2.35. The summed E-state index contributed by atoms with van der Waals surface area (Å²) < 4.78 is 29.2. The molecule has 0 aliphatic carbocycles. The van der Waals surface area contributed by atoms with Crippen molar-refractivity contribution in [1.82, 2.24) is 0 Å². The van der Waals surface area contributed by atoms with Gasteiger partial charge in [0.2, 0.25) is 0 Å². The second kappa shape index (κ2) is 8.48. The van der Waals surface area contributed by atoms with Gasteiger partial charge in [0.25, 0.3) is 5.91 Å². The lowest BCUT2D eigenvalue weighted by Gasteiger charge is -2.11. The van der Waals surface area contributed by atoms with E-state index in [-0.39, 0.29) is 11.3 Å². The molecule has 0 aliphatic heterocycles. The summed E-state index contributed by atoms with van der Waals surface area (Å²) in [4.78, 5) is 23.9. The van der Waals surface area contributed by atoms with Gasteiger partial charge in [0.15, 0.2) is 6.61 Å². The van der Waals surface area contributed by atoms with E-state index in [9.17, 15) is 14.0 Å². The minimum Gasteiger partial charge on any atom is -0.495 e. The molecule has 0 heterocycles. The van der Waals surface area contributed by atoms with E-state index in [4.69, 9.17) is 14.2 Å². The zero-order valence-electron chi connectivity index (χ0n) is 13.5. The number of esters is 1. The minimum absolute atomic E-state index is 0.00975. The topological polar surface area (TPSA) is 73.9 Å². The van der Waals surface area contributed by atoms with Gasteiger partial charge in [-0.15, -0.1) is 0 Å². The number of benzene rings is 2. The van der Waals surface area contributed by atoms with Gasteiger partial charge < -0.3 is 19.5 Å². The number of ether oxygens (including phenoxy) is 3. The Morgan fingerprint density at radius 1 is 1.12 bits per heavy atom. The third-order valence-corrected chi connectivity index (χ3v) is 3.95. The van der Waals surface area contributed by atoms with Crippen molar-refractivity contribution < 1.29 is 28.2 Å². The first-order chi connectivity index (χ1) is 12.0. The van der Waals surface area contributed by atoms with Crippen LogP contribution in [0.4, 0.5) is 10.1 Å². The van der Waals surface area contributed by atoms with Crippen LogP contribution in [0.15, 0.2) is 40.9 Å². The lowest BCUT2D eigenvalue weighted by Crippen LogP contribution is -2.21. The number of rotatable bonds is 6. The van der Waals surface area contributed by atoms with Crippen LogP contribution in [0.5, 0.6) is 11.5 Å². The second-order valence-electron chi connectivity index (χ2n) is 4.80. The molecular weight excluding hydrogens is 397 g/mol. The highest BCUT2D eigenvalue weighted by molar-refractivity contribution is 9.10. The predicted molar refractivity (Wildman–Crippen MR) is 92.6 cm³/mol. The first-order valence-corrected chi connectivity index (χ1v) is 7.88. The summed E-state index contributed by atoms with van der Waals surface area (Å²) in [6, 6.07) is 8.58. The first-order valence-electron chi connectivity index (χ1n) is 7.09. The van der Waals surface area contributed by atoms with E-state index in [1.54, 1.807) is 6.07 Å². The monoisotopic (exact) mass is 411 g/mol. The summed E-state index contributed by atoms with van der Waals surface area (Å²) in [5, 5.41) is 2.32. The number of amides is 1. The number of carbonyl (C=O) groups excluding carboxylic acids is 2. The quantitative estimate of drug-likeness (QED) is 0.737. The van der Waals surface area contributed by atoms with Gasteiger partial charge >= 0.3 is 5.97 Å². The fraction of sp³-hybridized carbons (Fsp3) is 0.176. The van der Waals surface area contributed by atoms with Gasteiger partial charge in [0.05, 0.1) is 25.5 Å². The third kappa shape index (κ3) is 4.69. The van der Waals surface area contributed by atoms with Crippen molar-refractivity contribution in [3.8, 4) is 11.5 Å². The first kappa shape index (κ1) is 18.7. The number of methoxy groups -OCH3 is 2. The minimum atomic E-state index is -0.743. The maximum atomic E-state index is 13.5. The van der Waals surface area contributed by atoms with Crippen LogP contribution in [-0.4, -0.2) is 32.7 Å². The van der Waals surface area contributed by atoms with Crippen LogP contribution >= 0.6 is 15.9 Å². The largest absolute Gasteiger partial charge is 0.495 e. The number of carbonyl (C=O) groups is 2. The normalized spacial score (nSPS) is 10.1. The summed E-state index contributed by atoms with van der Waals surface area (Å²) in [5.74, 6) is -1.23. The van der Waals surface area contributed by atoms with E-state index in [0.29, 0.717) is 16.0 Å². The molecule has 1 N–H and O–H groups in total. The highest BCUT2D eigenvalue weighted by atomic mass is 79.9. The highest BCUT2D eigenvalue weighted by Gasteiger charge is 2.17. The smallest absolute Gasteiger partial charge is 0.338 e. The Balaban J connectivity index is 2.03. The van der Waals surface area contributed by atoms with Crippen LogP contribution in [0.3, 0.4) is 0 Å². The second-order valence-corrected chi connectivity index (χ2v) is 5.59. The lowest BCUT2D eigenvalue weighted by atomic mass is 10.2. The lowest BCUT2D eigenvalue weighted by molar-refractivity contribution is -0.119. The molecule has 2 aromatic carbocycles. The van der Waals surface area contributed by atoms with Gasteiger partial charge in [0.1, 0.15) is 21.8 Å². The molecule has 0 bridgehead atoms. The molecule has 0 spiro atoms. The predicted octanol–water partition coefficient (Wildman–Crippen LogP) is 3.40. The molecule has 0 radical (unpaired) electrons. The average Bonchev–Trinajstić information content (AvgIpc) is 2.61. The molecule has 0 saturated carbocycles. The third-order valence-electron chi connectivity index (χ3n) is 3.16. The Kier molecular flexibility index (Phi) is 6.35. The molecule has 1 amide bonds. The SMILES string of the molecule is COc1cc(C(=O)OCC(=O)Nc2ccccc2F)cc(OC)c1Br. The van der Waals surface area contributed by atoms with Crippen molar-refractivity contribution in [1.29, 1.82) is 0 Å². The Morgan fingerprint density at radius 2 is 1.72 bits per heavy atom. The van der Waals surface area contributed by atoms with Gasteiger partial charge in [-0.1, -0.05) is 12.1 Å². The fourth-order valence-corrected chi connectivity index (χ4v) is 2.50.